The number of rotatable bonds is 16. The van der Waals surface area contributed by atoms with Gasteiger partial charge in [-0.2, -0.15) is 0 Å². The second-order valence-electron chi connectivity index (χ2n) is 12.0. The fourth-order valence-electron chi connectivity index (χ4n) is 5.73. The molecule has 0 aromatic heterocycles. The molecule has 1 aliphatic heterocycles. The number of amides is 1. The van der Waals surface area contributed by atoms with E-state index in [1.807, 2.05) is 74.5 Å². The molecule has 0 saturated heterocycles. The summed E-state index contributed by atoms with van der Waals surface area (Å²) in [5.74, 6) is 3.37. The molecule has 2 atom stereocenters. The van der Waals surface area contributed by atoms with E-state index in [-0.39, 0.29) is 11.8 Å². The van der Waals surface area contributed by atoms with Crippen molar-refractivity contribution in [3.63, 3.8) is 0 Å². The minimum absolute atomic E-state index is 0.0162. The zero-order chi connectivity index (χ0) is 36.5. The maximum absolute atomic E-state index is 12.8. The number of benzene rings is 4. The Bertz CT molecular complexity index is 1860. The zero-order valence-electron chi connectivity index (χ0n) is 30.0. The van der Waals surface area contributed by atoms with Crippen LogP contribution in [0, 0.1) is 12.8 Å². The lowest BCUT2D eigenvalue weighted by Gasteiger charge is -2.28. The predicted octanol–water partition coefficient (Wildman–Crippen LogP) is 7.36. The molecule has 4 aromatic carbocycles. The lowest BCUT2D eigenvalue weighted by atomic mass is 10.0. The number of methoxy groups -OCH3 is 5. The number of carbonyl (C=O) groups is 2. The first-order chi connectivity index (χ1) is 24.7. The first-order valence-corrected chi connectivity index (χ1v) is 16.5. The Balaban J connectivity index is 1.25. The fourth-order valence-corrected chi connectivity index (χ4v) is 5.73. The molecule has 1 aliphatic rings. The van der Waals surface area contributed by atoms with Gasteiger partial charge in [0.15, 0.2) is 29.3 Å². The van der Waals surface area contributed by atoms with Crippen molar-refractivity contribution in [1.29, 1.82) is 0 Å². The summed E-state index contributed by atoms with van der Waals surface area (Å²) in [6, 6.07) is 18.4. The number of hydrogen-bond acceptors (Lipinski definition) is 10. The van der Waals surface area contributed by atoms with E-state index in [1.165, 1.54) is 0 Å². The highest BCUT2D eigenvalue weighted by molar-refractivity contribution is 6.02. The molecule has 1 amide bonds. The van der Waals surface area contributed by atoms with Crippen molar-refractivity contribution in [2.75, 3.05) is 54.1 Å². The third-order valence-corrected chi connectivity index (χ3v) is 8.64. The van der Waals surface area contributed by atoms with Crippen LogP contribution in [-0.2, 0) is 0 Å². The summed E-state index contributed by atoms with van der Waals surface area (Å²) in [6.45, 7) is 4.61. The molecule has 268 valence electrons. The van der Waals surface area contributed by atoms with Gasteiger partial charge in [-0.25, -0.2) is 0 Å². The molecule has 11 nitrogen and oxygen atoms in total. The number of nitrogens with one attached hydrogen (secondary N) is 2. The van der Waals surface area contributed by atoms with Crippen LogP contribution < -0.4 is 43.8 Å². The molecular weight excluding hydrogens is 652 g/mol. The Kier molecular flexibility index (Phi) is 11.9. The molecule has 1 heterocycles. The van der Waals surface area contributed by atoms with Gasteiger partial charge in [-0.1, -0.05) is 36.8 Å². The number of aldehydes is 1. The van der Waals surface area contributed by atoms with Crippen molar-refractivity contribution < 1.29 is 42.7 Å². The van der Waals surface area contributed by atoms with Crippen LogP contribution in [0.4, 0.5) is 5.69 Å². The quantitative estimate of drug-likeness (QED) is 0.0908. The van der Waals surface area contributed by atoms with E-state index in [1.54, 1.807) is 47.7 Å². The Morgan fingerprint density at radius 1 is 0.686 bits per heavy atom. The van der Waals surface area contributed by atoms with Crippen LogP contribution in [-0.4, -0.2) is 61.0 Å². The summed E-state index contributed by atoms with van der Waals surface area (Å²) in [7, 11) is 7.87. The van der Waals surface area contributed by atoms with E-state index < -0.39 is 6.17 Å². The molecule has 0 saturated carbocycles. The van der Waals surface area contributed by atoms with E-state index in [2.05, 4.69) is 10.6 Å². The molecule has 5 rings (SSSR count). The van der Waals surface area contributed by atoms with E-state index in [0.717, 1.165) is 40.6 Å². The third-order valence-electron chi connectivity index (χ3n) is 8.64. The Hall–Kier alpha value is -5.84. The van der Waals surface area contributed by atoms with Crippen LogP contribution in [0.15, 0.2) is 60.7 Å². The van der Waals surface area contributed by atoms with E-state index in [0.29, 0.717) is 64.6 Å². The zero-order valence-corrected chi connectivity index (χ0v) is 30.0. The normalized spacial score (nSPS) is 14.1. The highest BCUT2D eigenvalue weighted by atomic mass is 16.5. The van der Waals surface area contributed by atoms with Gasteiger partial charge in [-0.05, 0) is 78.6 Å². The highest BCUT2D eigenvalue weighted by Gasteiger charge is 2.25. The summed E-state index contributed by atoms with van der Waals surface area (Å²) >= 11 is 0. The minimum Gasteiger partial charge on any atom is -0.493 e. The lowest BCUT2D eigenvalue weighted by molar-refractivity contribution is 0.0935. The summed E-state index contributed by atoms with van der Waals surface area (Å²) in [4.78, 5) is 24.9. The van der Waals surface area contributed by atoms with Crippen LogP contribution in [0.3, 0.4) is 0 Å². The van der Waals surface area contributed by atoms with Crippen LogP contribution in [0.2, 0.25) is 0 Å². The molecule has 0 bridgehead atoms. The minimum atomic E-state index is -0.487. The molecular formula is C40H44N2O9. The molecule has 2 N–H and O–H groups in total. The summed E-state index contributed by atoms with van der Waals surface area (Å²) < 4.78 is 40.2. The molecule has 4 aromatic rings. The first kappa shape index (κ1) is 36.4. The number of aryl methyl sites for hydroxylation is 1. The number of hydrogen-bond donors (Lipinski definition) is 2. The smallest absolute Gasteiger partial charge is 0.255 e. The average molecular weight is 697 g/mol. The summed E-state index contributed by atoms with van der Waals surface area (Å²) in [6.07, 6.45) is 4.87. The van der Waals surface area contributed by atoms with E-state index in [4.69, 9.17) is 33.2 Å². The van der Waals surface area contributed by atoms with Crippen molar-refractivity contribution in [3.8, 4) is 40.2 Å². The van der Waals surface area contributed by atoms with Gasteiger partial charge in [-0.15, -0.1) is 0 Å². The third kappa shape index (κ3) is 8.31. The van der Waals surface area contributed by atoms with Crippen LogP contribution >= 0.6 is 0 Å². The maximum Gasteiger partial charge on any atom is 0.255 e. The van der Waals surface area contributed by atoms with Gasteiger partial charge in [-0.3, -0.25) is 9.59 Å². The van der Waals surface area contributed by atoms with Gasteiger partial charge in [0.05, 0.1) is 59.9 Å². The second-order valence-corrected chi connectivity index (χ2v) is 12.0. The predicted molar refractivity (Wildman–Crippen MR) is 196 cm³/mol. The summed E-state index contributed by atoms with van der Waals surface area (Å²) in [5, 5.41) is 6.31. The first-order valence-electron chi connectivity index (χ1n) is 16.5. The molecule has 0 radical (unpaired) electrons. The molecule has 2 unspecified atom stereocenters. The fraction of sp³-hybridized carbons (Fsp3) is 0.300. The van der Waals surface area contributed by atoms with Gasteiger partial charge in [0, 0.05) is 11.6 Å². The van der Waals surface area contributed by atoms with Crippen molar-refractivity contribution in [3.05, 3.63) is 94.0 Å². The molecule has 0 spiro atoms. The largest absolute Gasteiger partial charge is 0.493 e. The van der Waals surface area contributed by atoms with Crippen LogP contribution in [0.1, 0.15) is 62.5 Å². The van der Waals surface area contributed by atoms with Crippen LogP contribution in [0.25, 0.3) is 12.2 Å². The Morgan fingerprint density at radius 3 is 1.82 bits per heavy atom. The number of anilines is 1. The van der Waals surface area contributed by atoms with Crippen molar-refractivity contribution >= 4 is 30.0 Å². The topological polar surface area (TPSA) is 123 Å². The molecule has 0 aliphatic carbocycles. The van der Waals surface area contributed by atoms with Crippen molar-refractivity contribution in [2.45, 2.75) is 26.4 Å². The highest BCUT2D eigenvalue weighted by Crippen LogP contribution is 2.41. The Labute approximate surface area is 298 Å². The van der Waals surface area contributed by atoms with Gasteiger partial charge >= 0.3 is 0 Å². The van der Waals surface area contributed by atoms with Crippen LogP contribution in [0.5, 0.6) is 40.2 Å². The van der Waals surface area contributed by atoms with Gasteiger partial charge < -0.3 is 43.8 Å². The number of carbonyl (C=O) groups excluding carboxylic acids is 2. The van der Waals surface area contributed by atoms with Crippen molar-refractivity contribution in [2.24, 2.45) is 5.92 Å². The number of ether oxygens (including phenoxy) is 7. The molecule has 0 fully saturated rings. The maximum atomic E-state index is 12.8. The molecule has 11 heteroatoms. The van der Waals surface area contributed by atoms with E-state index in [9.17, 15) is 9.59 Å². The van der Waals surface area contributed by atoms with E-state index >= 15 is 0 Å². The Morgan fingerprint density at radius 2 is 1.27 bits per heavy atom. The van der Waals surface area contributed by atoms with Gasteiger partial charge in [0.25, 0.3) is 5.91 Å². The number of fused-ring (bicyclic) bond motifs is 1. The molecule has 51 heavy (non-hydrogen) atoms. The van der Waals surface area contributed by atoms with Crippen molar-refractivity contribution in [1.82, 2.24) is 5.32 Å². The standard InChI is InChI=1S/C40H44N2O9/c1-8-25(22-50-32-14-12-28(20-29(32)21-43)39-41-31-13-9-24(2)15-30(31)40(44)42-39)23-51-38-35(47-5)18-27(19-36(38)48-6)11-10-26-16-33(45-3)37(49-7)34(17-26)46-4/h9-21,25,39,41H,8,22-23H2,1-7H3,(H,42,44)/b11-10-. The lowest BCUT2D eigenvalue weighted by Crippen LogP contribution is -2.38. The monoisotopic (exact) mass is 696 g/mol. The SMILES string of the molecule is CCC(COc1ccc(C2NC(=O)c3cc(C)ccc3N2)cc1C=O)COc1c(OC)cc(/C=C\c2cc(OC)c(OC)c(OC)c2)cc1OC. The summed E-state index contributed by atoms with van der Waals surface area (Å²) in [5.41, 5.74) is 5.12. The van der Waals surface area contributed by atoms with Gasteiger partial charge in [0.2, 0.25) is 11.5 Å². The average Bonchev–Trinajstić information content (AvgIpc) is 3.16. The van der Waals surface area contributed by atoms with Gasteiger partial charge in [0.1, 0.15) is 11.9 Å². The second kappa shape index (κ2) is 16.7.